The quantitative estimate of drug-likeness (QED) is 0.713. The Morgan fingerprint density at radius 3 is 2.87 bits per heavy atom. The first-order valence-electron chi connectivity index (χ1n) is 8.63. The lowest BCUT2D eigenvalue weighted by atomic mass is 9.83. The van der Waals surface area contributed by atoms with E-state index in [4.69, 9.17) is 31.2 Å². The number of thioether (sulfide) groups is 1. The van der Waals surface area contributed by atoms with Crippen LogP contribution in [0, 0.1) is 17.8 Å². The van der Waals surface area contributed by atoms with E-state index in [1.165, 1.54) is 18.2 Å². The van der Waals surface area contributed by atoms with Gasteiger partial charge in [0, 0.05) is 12.5 Å². The Kier molecular flexibility index (Phi) is 5.89. The van der Waals surface area contributed by atoms with E-state index in [0.29, 0.717) is 28.7 Å². The van der Waals surface area contributed by atoms with Gasteiger partial charge in [0.05, 0.1) is 18.8 Å². The first-order valence-corrected chi connectivity index (χ1v) is 10.3. The molecular formula is C17H28O4S2. The van der Waals surface area contributed by atoms with Crippen LogP contribution in [0.4, 0.5) is 0 Å². The molecule has 132 valence electrons. The summed E-state index contributed by atoms with van der Waals surface area (Å²) in [7, 11) is 0. The second-order valence-corrected chi connectivity index (χ2v) is 8.73. The predicted octanol–water partition coefficient (Wildman–Crippen LogP) is 3.62. The first-order chi connectivity index (χ1) is 11.0. The molecule has 6 heteroatoms. The van der Waals surface area contributed by atoms with Crippen molar-refractivity contribution >= 4 is 28.4 Å². The van der Waals surface area contributed by atoms with Gasteiger partial charge < -0.3 is 18.9 Å². The SMILES string of the molecule is CSC(=S)OC1C[C@@H]2[C@@H](COC2(C)C)[C@H]1COC1CCCCO1. The van der Waals surface area contributed by atoms with Gasteiger partial charge in [0.15, 0.2) is 6.29 Å². The molecule has 2 heterocycles. The summed E-state index contributed by atoms with van der Waals surface area (Å²) >= 11 is 6.79. The molecule has 0 radical (unpaired) electrons. The first kappa shape index (κ1) is 17.9. The molecule has 3 rings (SSSR count). The van der Waals surface area contributed by atoms with Gasteiger partial charge in [0.25, 0.3) is 0 Å². The average Bonchev–Trinajstić information content (AvgIpc) is 3.04. The second-order valence-electron chi connectivity index (χ2n) is 7.32. The maximum atomic E-state index is 6.08. The van der Waals surface area contributed by atoms with Crippen LogP contribution in [-0.2, 0) is 18.9 Å². The summed E-state index contributed by atoms with van der Waals surface area (Å²) in [6.07, 6.45) is 6.38. The Labute approximate surface area is 148 Å². The number of rotatable bonds is 4. The summed E-state index contributed by atoms with van der Waals surface area (Å²) in [6, 6.07) is 0. The molecule has 0 aromatic heterocycles. The molecule has 0 bridgehead atoms. The lowest BCUT2D eigenvalue weighted by molar-refractivity contribution is -0.175. The zero-order chi connectivity index (χ0) is 16.4. The van der Waals surface area contributed by atoms with Gasteiger partial charge in [-0.2, -0.15) is 0 Å². The van der Waals surface area contributed by atoms with Gasteiger partial charge in [-0.15, -0.1) is 0 Å². The fourth-order valence-corrected chi connectivity index (χ4v) is 4.57. The minimum atomic E-state index is -0.0800. The maximum Gasteiger partial charge on any atom is 0.219 e. The van der Waals surface area contributed by atoms with Gasteiger partial charge in [-0.3, -0.25) is 0 Å². The summed E-state index contributed by atoms with van der Waals surface area (Å²) < 4.78 is 24.5. The molecule has 0 spiro atoms. The molecule has 1 saturated carbocycles. The topological polar surface area (TPSA) is 36.9 Å². The summed E-state index contributed by atoms with van der Waals surface area (Å²) in [5.74, 6) is 1.33. The zero-order valence-electron chi connectivity index (χ0n) is 14.3. The largest absolute Gasteiger partial charge is 0.475 e. The number of ether oxygens (including phenoxy) is 4. The average molecular weight is 361 g/mol. The minimum Gasteiger partial charge on any atom is -0.475 e. The Balaban J connectivity index is 1.64. The minimum absolute atomic E-state index is 0.0497. The van der Waals surface area contributed by atoms with Crippen molar-refractivity contribution in [1.29, 1.82) is 0 Å². The highest BCUT2D eigenvalue weighted by molar-refractivity contribution is 8.22. The van der Waals surface area contributed by atoms with E-state index in [1.54, 1.807) is 0 Å². The molecule has 0 amide bonds. The third-order valence-corrected chi connectivity index (χ3v) is 6.62. The Bertz CT molecular complexity index is 423. The van der Waals surface area contributed by atoms with Crippen LogP contribution in [-0.4, -0.2) is 48.5 Å². The summed E-state index contributed by atoms with van der Waals surface area (Å²) in [6.45, 7) is 6.66. The normalized spacial score (nSPS) is 39.2. The molecule has 3 aliphatic rings. The van der Waals surface area contributed by atoms with Gasteiger partial charge in [-0.25, -0.2) is 0 Å². The van der Waals surface area contributed by atoms with Crippen LogP contribution in [0.3, 0.4) is 0 Å². The third-order valence-electron chi connectivity index (χ3n) is 5.60. The zero-order valence-corrected chi connectivity index (χ0v) is 15.9. The van der Waals surface area contributed by atoms with Crippen LogP contribution in [0.2, 0.25) is 0 Å². The van der Waals surface area contributed by atoms with Crippen molar-refractivity contribution in [1.82, 2.24) is 0 Å². The smallest absolute Gasteiger partial charge is 0.219 e. The van der Waals surface area contributed by atoms with Crippen molar-refractivity contribution in [2.45, 2.75) is 57.5 Å². The summed E-state index contributed by atoms with van der Waals surface area (Å²) in [5, 5.41) is 0. The molecule has 2 unspecified atom stereocenters. The number of hydrogen-bond acceptors (Lipinski definition) is 6. The van der Waals surface area contributed by atoms with Crippen molar-refractivity contribution in [2.24, 2.45) is 17.8 Å². The number of thiocarbonyl (C=S) groups is 1. The van der Waals surface area contributed by atoms with E-state index in [1.807, 2.05) is 6.26 Å². The molecule has 3 fully saturated rings. The van der Waals surface area contributed by atoms with Crippen molar-refractivity contribution in [3.63, 3.8) is 0 Å². The van der Waals surface area contributed by atoms with Crippen LogP contribution >= 0.6 is 24.0 Å². The standard InChI is InChI=1S/C17H28O4S2/c1-17(2)13-8-14(21-16(22)23-3)12(11(13)10-20-17)9-19-15-6-4-5-7-18-15/h11-15H,4-10H2,1-3H3/t11-,12+,13+,14?,15?/m0/s1. The van der Waals surface area contributed by atoms with E-state index in [0.717, 1.165) is 32.5 Å². The van der Waals surface area contributed by atoms with Gasteiger partial charge in [0.1, 0.15) is 6.10 Å². The highest BCUT2D eigenvalue weighted by atomic mass is 32.2. The van der Waals surface area contributed by atoms with Gasteiger partial charge in [-0.05, 0) is 69.8 Å². The number of fused-ring (bicyclic) bond motifs is 1. The van der Waals surface area contributed by atoms with Crippen LogP contribution < -0.4 is 0 Å². The molecule has 5 atom stereocenters. The van der Waals surface area contributed by atoms with Crippen LogP contribution in [0.5, 0.6) is 0 Å². The van der Waals surface area contributed by atoms with Crippen molar-refractivity contribution in [2.75, 3.05) is 26.1 Å². The fraction of sp³-hybridized carbons (Fsp3) is 0.941. The maximum absolute atomic E-state index is 6.08. The highest BCUT2D eigenvalue weighted by Crippen LogP contribution is 2.50. The molecule has 1 aliphatic carbocycles. The van der Waals surface area contributed by atoms with Gasteiger partial charge in [-0.1, -0.05) is 11.8 Å². The molecule has 4 nitrogen and oxygen atoms in total. The molecule has 0 N–H and O–H groups in total. The summed E-state index contributed by atoms with van der Waals surface area (Å²) in [4.78, 5) is 0. The molecule has 23 heavy (non-hydrogen) atoms. The lowest BCUT2D eigenvalue weighted by Gasteiger charge is -2.28. The van der Waals surface area contributed by atoms with Crippen molar-refractivity contribution in [3.8, 4) is 0 Å². The molecule has 2 saturated heterocycles. The van der Waals surface area contributed by atoms with Crippen molar-refractivity contribution < 1.29 is 18.9 Å². The summed E-state index contributed by atoms with van der Waals surface area (Å²) in [5.41, 5.74) is -0.0800. The van der Waals surface area contributed by atoms with E-state index >= 15 is 0 Å². The Morgan fingerprint density at radius 2 is 2.17 bits per heavy atom. The second kappa shape index (κ2) is 7.56. The number of hydrogen-bond donors (Lipinski definition) is 0. The molecule has 2 aliphatic heterocycles. The van der Waals surface area contributed by atoms with E-state index in [2.05, 4.69) is 13.8 Å². The van der Waals surface area contributed by atoms with E-state index in [9.17, 15) is 0 Å². The monoisotopic (exact) mass is 360 g/mol. The van der Waals surface area contributed by atoms with Gasteiger partial charge in [0.2, 0.25) is 4.38 Å². The molecule has 0 aromatic rings. The molecule has 0 aromatic carbocycles. The van der Waals surface area contributed by atoms with Gasteiger partial charge >= 0.3 is 0 Å². The van der Waals surface area contributed by atoms with Crippen LogP contribution in [0.25, 0.3) is 0 Å². The van der Waals surface area contributed by atoms with E-state index < -0.39 is 0 Å². The van der Waals surface area contributed by atoms with Crippen molar-refractivity contribution in [3.05, 3.63) is 0 Å². The molecular weight excluding hydrogens is 332 g/mol. The predicted molar refractivity (Wildman–Crippen MR) is 95.6 cm³/mol. The highest BCUT2D eigenvalue weighted by Gasteiger charge is 2.55. The Morgan fingerprint density at radius 1 is 1.35 bits per heavy atom. The van der Waals surface area contributed by atoms with E-state index in [-0.39, 0.29) is 18.0 Å². The van der Waals surface area contributed by atoms with Crippen LogP contribution in [0.1, 0.15) is 39.5 Å². The third kappa shape index (κ3) is 4.03. The van der Waals surface area contributed by atoms with Crippen LogP contribution in [0.15, 0.2) is 0 Å². The lowest BCUT2D eigenvalue weighted by Crippen LogP contribution is -2.32. The fourth-order valence-electron chi connectivity index (χ4n) is 4.23. The Hall–Kier alpha value is 0.120.